The average molecular weight is 414 g/mol. The predicted molar refractivity (Wildman–Crippen MR) is 109 cm³/mol. The van der Waals surface area contributed by atoms with Crippen molar-refractivity contribution in [1.29, 1.82) is 5.26 Å². The van der Waals surface area contributed by atoms with Crippen molar-refractivity contribution in [3.63, 3.8) is 0 Å². The minimum atomic E-state index is -0.829. The number of fused-ring (bicyclic) bond motifs is 1. The van der Waals surface area contributed by atoms with E-state index in [-0.39, 0.29) is 16.9 Å². The van der Waals surface area contributed by atoms with E-state index in [1.54, 1.807) is 0 Å². The molecule has 0 saturated heterocycles. The van der Waals surface area contributed by atoms with Crippen LogP contribution in [0, 0.1) is 22.7 Å². The number of hydrogen-bond acceptors (Lipinski definition) is 8. The van der Waals surface area contributed by atoms with Gasteiger partial charge in [0.15, 0.2) is 18.1 Å². The molecular weight excluding hydrogens is 390 g/mol. The lowest BCUT2D eigenvalue weighted by molar-refractivity contribution is -0.119. The van der Waals surface area contributed by atoms with Gasteiger partial charge in [-0.1, -0.05) is 20.8 Å². The Labute approximate surface area is 173 Å². The zero-order chi connectivity index (χ0) is 21.2. The zero-order valence-corrected chi connectivity index (χ0v) is 17.4. The predicted octanol–water partition coefficient (Wildman–Crippen LogP) is 2.94. The lowest BCUT2D eigenvalue weighted by atomic mass is 9.72. The molecule has 2 aromatic heterocycles. The largest absolute Gasteiger partial charge is 0.451 e. The number of aromatic nitrogens is 2. The topological polar surface area (TPSA) is 131 Å². The molecule has 1 aliphatic rings. The van der Waals surface area contributed by atoms with E-state index in [0.717, 1.165) is 29.7 Å². The first-order valence-corrected chi connectivity index (χ1v) is 10.1. The summed E-state index contributed by atoms with van der Waals surface area (Å²) in [4.78, 5) is 33.0. The summed E-state index contributed by atoms with van der Waals surface area (Å²) in [5.41, 5.74) is 7.16. The summed E-state index contributed by atoms with van der Waals surface area (Å²) in [7, 11) is 0. The van der Waals surface area contributed by atoms with Crippen LogP contribution in [0.2, 0.25) is 0 Å². The van der Waals surface area contributed by atoms with Crippen molar-refractivity contribution in [2.24, 2.45) is 11.3 Å². The number of esters is 1. The van der Waals surface area contributed by atoms with Gasteiger partial charge in [-0.2, -0.15) is 5.26 Å². The van der Waals surface area contributed by atoms with E-state index in [9.17, 15) is 14.9 Å². The highest BCUT2D eigenvalue weighted by Crippen LogP contribution is 2.43. The smallest absolute Gasteiger partial charge is 0.361 e. The Balaban J connectivity index is 1.67. The Morgan fingerprint density at radius 2 is 2.10 bits per heavy atom. The molecule has 0 saturated carbocycles. The Hall–Kier alpha value is -2.99. The maximum atomic E-state index is 12.3. The maximum Gasteiger partial charge on any atom is 0.361 e. The molecule has 2 heterocycles. The van der Waals surface area contributed by atoms with Crippen molar-refractivity contribution >= 4 is 34.0 Å². The summed E-state index contributed by atoms with van der Waals surface area (Å²) < 4.78 is 4.97. The van der Waals surface area contributed by atoms with Crippen LogP contribution in [0.1, 0.15) is 53.7 Å². The summed E-state index contributed by atoms with van der Waals surface area (Å²) in [6.07, 6.45) is 5.41. The fourth-order valence-corrected chi connectivity index (χ4v) is 4.69. The maximum absolute atomic E-state index is 12.3. The lowest BCUT2D eigenvalue weighted by Crippen LogP contribution is -2.26. The number of rotatable bonds is 4. The van der Waals surface area contributed by atoms with E-state index in [0.29, 0.717) is 16.5 Å². The van der Waals surface area contributed by atoms with Crippen LogP contribution in [-0.2, 0) is 22.4 Å². The molecule has 9 heteroatoms. The Morgan fingerprint density at radius 3 is 2.76 bits per heavy atom. The highest BCUT2D eigenvalue weighted by atomic mass is 32.1. The molecule has 0 aliphatic heterocycles. The van der Waals surface area contributed by atoms with E-state index in [2.05, 4.69) is 42.1 Å². The molecule has 0 unspecified atom stereocenters. The SMILES string of the molecule is CC(C)(C)[C@@H]1CCc2c(sc(NC(=O)COC(=O)c3nccnc3N)c2C#N)C1. The molecule has 29 heavy (non-hydrogen) atoms. The van der Waals surface area contributed by atoms with E-state index < -0.39 is 18.5 Å². The fourth-order valence-electron chi connectivity index (χ4n) is 3.40. The van der Waals surface area contributed by atoms with Crippen LogP contribution in [0.3, 0.4) is 0 Å². The molecule has 8 nitrogen and oxygen atoms in total. The normalized spacial score (nSPS) is 15.9. The van der Waals surface area contributed by atoms with Gasteiger partial charge >= 0.3 is 5.97 Å². The first-order valence-electron chi connectivity index (χ1n) is 9.28. The molecule has 1 atom stereocenters. The third-order valence-electron chi connectivity index (χ3n) is 5.11. The number of carbonyl (C=O) groups is 2. The zero-order valence-electron chi connectivity index (χ0n) is 16.6. The summed E-state index contributed by atoms with van der Waals surface area (Å²) in [6.45, 7) is 6.17. The molecule has 1 aliphatic carbocycles. The van der Waals surface area contributed by atoms with Gasteiger partial charge in [-0.3, -0.25) is 4.79 Å². The first-order chi connectivity index (χ1) is 13.7. The van der Waals surface area contributed by atoms with Gasteiger partial charge in [0.1, 0.15) is 11.1 Å². The van der Waals surface area contributed by atoms with Crippen molar-refractivity contribution in [2.45, 2.75) is 40.0 Å². The van der Waals surface area contributed by atoms with E-state index >= 15 is 0 Å². The number of ether oxygens (including phenoxy) is 1. The number of anilines is 2. The van der Waals surface area contributed by atoms with Crippen molar-refractivity contribution in [1.82, 2.24) is 9.97 Å². The average Bonchev–Trinajstić information content (AvgIpc) is 3.01. The van der Waals surface area contributed by atoms with Crippen LogP contribution < -0.4 is 11.1 Å². The second-order valence-electron chi connectivity index (χ2n) is 8.04. The van der Waals surface area contributed by atoms with Crippen LogP contribution in [0.5, 0.6) is 0 Å². The van der Waals surface area contributed by atoms with Gasteiger partial charge in [0.2, 0.25) is 0 Å². The number of nitrogen functional groups attached to an aromatic ring is 1. The van der Waals surface area contributed by atoms with E-state index in [4.69, 9.17) is 10.5 Å². The molecule has 1 amide bonds. The number of nitrogens with two attached hydrogens (primary N) is 1. The summed E-state index contributed by atoms with van der Waals surface area (Å²) >= 11 is 1.43. The molecule has 0 spiro atoms. The molecule has 0 fully saturated rings. The summed E-state index contributed by atoms with van der Waals surface area (Å²) in [5, 5.41) is 12.8. The van der Waals surface area contributed by atoms with Gasteiger partial charge in [0, 0.05) is 17.3 Å². The summed E-state index contributed by atoms with van der Waals surface area (Å²) in [6, 6.07) is 2.21. The number of hydrogen-bond donors (Lipinski definition) is 2. The molecular formula is C20H23N5O3S. The van der Waals surface area contributed by atoms with E-state index in [1.165, 1.54) is 23.7 Å². The van der Waals surface area contributed by atoms with Crippen LogP contribution in [0.15, 0.2) is 12.4 Å². The number of thiophene rings is 1. The van der Waals surface area contributed by atoms with Crippen LogP contribution >= 0.6 is 11.3 Å². The highest BCUT2D eigenvalue weighted by molar-refractivity contribution is 7.16. The third-order valence-corrected chi connectivity index (χ3v) is 6.28. The molecule has 3 N–H and O–H groups in total. The third kappa shape index (κ3) is 4.54. The Morgan fingerprint density at radius 1 is 1.38 bits per heavy atom. The number of nitriles is 1. The van der Waals surface area contributed by atoms with Crippen molar-refractivity contribution in [2.75, 3.05) is 17.7 Å². The van der Waals surface area contributed by atoms with Gasteiger partial charge in [-0.25, -0.2) is 14.8 Å². The fraction of sp³-hybridized carbons (Fsp3) is 0.450. The molecule has 152 valence electrons. The standard InChI is InChI=1S/C20H23N5O3S/c1-20(2,3)11-4-5-12-13(9-21)18(29-14(12)8-11)25-15(26)10-28-19(27)16-17(22)24-7-6-23-16/h6-7,11H,4-5,8,10H2,1-3H3,(H2,22,24)(H,25,26)/t11-/m1/s1. The lowest BCUT2D eigenvalue weighted by Gasteiger charge is -2.33. The van der Waals surface area contributed by atoms with Crippen molar-refractivity contribution in [3.05, 3.63) is 34.1 Å². The quantitative estimate of drug-likeness (QED) is 0.737. The number of carbonyl (C=O) groups excluding carboxylic acids is 2. The van der Waals surface area contributed by atoms with Gasteiger partial charge in [-0.15, -0.1) is 11.3 Å². The first kappa shape index (κ1) is 20.7. The Bertz CT molecular complexity index is 987. The van der Waals surface area contributed by atoms with Gasteiger partial charge in [0.25, 0.3) is 5.91 Å². The number of nitrogens with one attached hydrogen (secondary N) is 1. The van der Waals surface area contributed by atoms with Crippen molar-refractivity contribution < 1.29 is 14.3 Å². The van der Waals surface area contributed by atoms with Crippen LogP contribution in [-0.4, -0.2) is 28.5 Å². The summed E-state index contributed by atoms with van der Waals surface area (Å²) in [5.74, 6) is -0.890. The minimum absolute atomic E-state index is 0.0657. The van der Waals surface area contributed by atoms with Gasteiger partial charge < -0.3 is 15.8 Å². The minimum Gasteiger partial charge on any atom is -0.451 e. The van der Waals surface area contributed by atoms with E-state index in [1.807, 2.05) is 0 Å². The monoisotopic (exact) mass is 413 g/mol. The molecule has 2 aromatic rings. The van der Waals surface area contributed by atoms with Crippen LogP contribution in [0.4, 0.5) is 10.8 Å². The number of nitrogens with zero attached hydrogens (tertiary/aromatic N) is 3. The van der Waals surface area contributed by atoms with Gasteiger partial charge in [-0.05, 0) is 36.2 Å². The molecule has 0 bridgehead atoms. The van der Waals surface area contributed by atoms with Crippen LogP contribution in [0.25, 0.3) is 0 Å². The number of amides is 1. The second kappa shape index (κ2) is 8.17. The Kier molecular flexibility index (Phi) is 5.84. The van der Waals surface area contributed by atoms with Crippen molar-refractivity contribution in [3.8, 4) is 6.07 Å². The molecule has 3 rings (SSSR count). The van der Waals surface area contributed by atoms with Gasteiger partial charge in [0.05, 0.1) is 5.56 Å². The molecule has 0 aromatic carbocycles. The second-order valence-corrected chi connectivity index (χ2v) is 9.15. The highest BCUT2D eigenvalue weighted by Gasteiger charge is 2.32. The molecule has 0 radical (unpaired) electrons.